The van der Waals surface area contributed by atoms with Gasteiger partial charge in [0, 0.05) is 0 Å². The smallest absolute Gasteiger partial charge is 0.225 e. The summed E-state index contributed by atoms with van der Waals surface area (Å²) in [6.45, 7) is 12.8. The molecule has 0 bridgehead atoms. The molecule has 0 aliphatic carbocycles. The van der Waals surface area contributed by atoms with Gasteiger partial charge in [-0.3, -0.25) is 9.48 Å². The van der Waals surface area contributed by atoms with Gasteiger partial charge in [0.25, 0.3) is 0 Å². The van der Waals surface area contributed by atoms with Crippen molar-refractivity contribution in [1.29, 1.82) is 0 Å². The first-order valence-electron chi connectivity index (χ1n) is 9.88. The van der Waals surface area contributed by atoms with Crippen molar-refractivity contribution in [2.45, 2.75) is 72.9 Å². The SMILES string of the molecule is CCC(C)c1ccc(C(CC)NC(=O)C(C)Cn2nc(C)c(Cl)c2C)cc1. The number of hydrogen-bond donors (Lipinski definition) is 1. The number of rotatable bonds is 8. The Bertz CT molecular complexity index is 767. The number of halogens is 1. The molecule has 1 amide bonds. The topological polar surface area (TPSA) is 46.9 Å². The van der Waals surface area contributed by atoms with Gasteiger partial charge in [0.05, 0.1) is 34.9 Å². The van der Waals surface area contributed by atoms with E-state index in [1.54, 1.807) is 0 Å². The van der Waals surface area contributed by atoms with E-state index in [2.05, 4.69) is 55.5 Å². The Morgan fingerprint density at radius 3 is 2.19 bits per heavy atom. The van der Waals surface area contributed by atoms with E-state index in [-0.39, 0.29) is 17.9 Å². The number of aromatic nitrogens is 2. The summed E-state index contributed by atoms with van der Waals surface area (Å²) >= 11 is 6.21. The standard InChI is InChI=1S/C22H32ClN3O/c1-7-14(3)18-9-11-19(12-10-18)20(8-2)24-22(27)15(4)13-26-17(6)21(23)16(5)25-26/h9-12,14-15,20H,7-8,13H2,1-6H3,(H,24,27). The highest BCUT2D eigenvalue weighted by molar-refractivity contribution is 6.31. The molecule has 0 fully saturated rings. The molecule has 5 heteroatoms. The predicted octanol–water partition coefficient (Wildman–Crippen LogP) is 5.57. The summed E-state index contributed by atoms with van der Waals surface area (Å²) < 4.78 is 1.82. The second-order valence-electron chi connectivity index (χ2n) is 7.51. The number of nitrogens with zero attached hydrogens (tertiary/aromatic N) is 2. The van der Waals surface area contributed by atoms with Crippen molar-refractivity contribution in [1.82, 2.24) is 15.1 Å². The predicted molar refractivity (Wildman–Crippen MR) is 112 cm³/mol. The van der Waals surface area contributed by atoms with Crippen molar-refractivity contribution in [2.24, 2.45) is 5.92 Å². The Kier molecular flexibility index (Phi) is 7.49. The fraction of sp³-hybridized carbons (Fsp3) is 0.545. The van der Waals surface area contributed by atoms with Crippen molar-refractivity contribution in [3.8, 4) is 0 Å². The van der Waals surface area contributed by atoms with Gasteiger partial charge in [-0.1, -0.05) is 63.6 Å². The molecule has 2 rings (SSSR count). The maximum absolute atomic E-state index is 12.7. The van der Waals surface area contributed by atoms with Crippen molar-refractivity contribution in [3.05, 3.63) is 51.8 Å². The van der Waals surface area contributed by atoms with Gasteiger partial charge in [-0.25, -0.2) is 0 Å². The second-order valence-corrected chi connectivity index (χ2v) is 7.89. The van der Waals surface area contributed by atoms with Gasteiger partial charge in [0.2, 0.25) is 5.91 Å². The highest BCUT2D eigenvalue weighted by atomic mass is 35.5. The van der Waals surface area contributed by atoms with Crippen molar-refractivity contribution in [2.75, 3.05) is 0 Å². The Morgan fingerprint density at radius 2 is 1.70 bits per heavy atom. The van der Waals surface area contributed by atoms with E-state index in [4.69, 9.17) is 11.6 Å². The minimum absolute atomic E-state index is 0.0231. The Hall–Kier alpha value is -1.81. The van der Waals surface area contributed by atoms with Crippen LogP contribution in [0.25, 0.3) is 0 Å². The zero-order valence-corrected chi connectivity index (χ0v) is 18.1. The van der Waals surface area contributed by atoms with Crippen LogP contribution in [0.3, 0.4) is 0 Å². The molecule has 3 unspecified atom stereocenters. The van der Waals surface area contributed by atoms with E-state index >= 15 is 0 Å². The quantitative estimate of drug-likeness (QED) is 0.641. The Labute approximate surface area is 168 Å². The molecular formula is C22H32ClN3O. The molecule has 27 heavy (non-hydrogen) atoms. The normalized spacial score (nSPS) is 14.6. The van der Waals surface area contributed by atoms with Crippen LogP contribution >= 0.6 is 11.6 Å². The van der Waals surface area contributed by atoms with E-state index < -0.39 is 0 Å². The first kappa shape index (κ1) is 21.5. The Balaban J connectivity index is 2.04. The van der Waals surface area contributed by atoms with Gasteiger partial charge in [-0.15, -0.1) is 0 Å². The maximum atomic E-state index is 12.7. The van der Waals surface area contributed by atoms with E-state index in [0.717, 1.165) is 29.8 Å². The molecule has 1 aromatic carbocycles. The lowest BCUT2D eigenvalue weighted by Crippen LogP contribution is -2.34. The van der Waals surface area contributed by atoms with Crippen LogP contribution in [0.2, 0.25) is 5.02 Å². The molecule has 2 aromatic rings. The minimum Gasteiger partial charge on any atom is -0.349 e. The van der Waals surface area contributed by atoms with E-state index in [9.17, 15) is 4.79 Å². The Morgan fingerprint density at radius 1 is 1.11 bits per heavy atom. The van der Waals surface area contributed by atoms with Crippen LogP contribution < -0.4 is 5.32 Å². The van der Waals surface area contributed by atoms with Crippen LogP contribution in [0.15, 0.2) is 24.3 Å². The fourth-order valence-corrected chi connectivity index (χ4v) is 3.36. The summed E-state index contributed by atoms with van der Waals surface area (Å²) in [6.07, 6.45) is 1.98. The van der Waals surface area contributed by atoms with Crippen LogP contribution in [0.4, 0.5) is 0 Å². The lowest BCUT2D eigenvalue weighted by Gasteiger charge is -2.21. The molecule has 0 aliphatic heterocycles. The van der Waals surface area contributed by atoms with Crippen LogP contribution in [-0.2, 0) is 11.3 Å². The molecule has 1 aromatic heterocycles. The van der Waals surface area contributed by atoms with Crippen molar-refractivity contribution >= 4 is 17.5 Å². The molecule has 1 heterocycles. The number of hydrogen-bond acceptors (Lipinski definition) is 2. The molecule has 0 aliphatic rings. The third-order valence-corrected chi connectivity index (χ3v) is 5.98. The minimum atomic E-state index is -0.187. The van der Waals surface area contributed by atoms with Gasteiger partial charge in [0.15, 0.2) is 0 Å². The largest absolute Gasteiger partial charge is 0.349 e. The van der Waals surface area contributed by atoms with Crippen LogP contribution in [0.1, 0.15) is 75.0 Å². The van der Waals surface area contributed by atoms with Gasteiger partial charge >= 0.3 is 0 Å². The van der Waals surface area contributed by atoms with Crippen molar-refractivity contribution < 1.29 is 4.79 Å². The zero-order chi connectivity index (χ0) is 20.1. The summed E-state index contributed by atoms with van der Waals surface area (Å²) in [5, 5.41) is 8.30. The first-order chi connectivity index (χ1) is 12.8. The number of amides is 1. The van der Waals surface area contributed by atoms with Crippen molar-refractivity contribution in [3.63, 3.8) is 0 Å². The highest BCUT2D eigenvalue weighted by Gasteiger charge is 2.20. The summed E-state index contributed by atoms with van der Waals surface area (Å²) in [5.74, 6) is 0.408. The van der Waals surface area contributed by atoms with Gasteiger partial charge in [-0.2, -0.15) is 5.10 Å². The number of aryl methyl sites for hydroxylation is 1. The molecule has 1 N–H and O–H groups in total. The average molecular weight is 390 g/mol. The molecule has 148 valence electrons. The molecule has 0 radical (unpaired) electrons. The fourth-order valence-electron chi connectivity index (χ4n) is 3.22. The monoisotopic (exact) mass is 389 g/mol. The van der Waals surface area contributed by atoms with E-state index in [0.29, 0.717) is 17.5 Å². The average Bonchev–Trinajstić information content (AvgIpc) is 2.92. The summed E-state index contributed by atoms with van der Waals surface area (Å²) in [4.78, 5) is 12.7. The van der Waals surface area contributed by atoms with Gasteiger partial charge in [-0.05, 0) is 43.7 Å². The molecule has 0 spiro atoms. The highest BCUT2D eigenvalue weighted by Crippen LogP contribution is 2.24. The number of nitrogens with one attached hydrogen (secondary N) is 1. The summed E-state index contributed by atoms with van der Waals surface area (Å²) in [5.41, 5.74) is 4.20. The number of benzene rings is 1. The first-order valence-corrected chi connectivity index (χ1v) is 10.3. The maximum Gasteiger partial charge on any atom is 0.225 e. The van der Waals surface area contributed by atoms with E-state index in [1.165, 1.54) is 5.56 Å². The number of carbonyl (C=O) groups is 1. The van der Waals surface area contributed by atoms with Crippen LogP contribution in [0, 0.1) is 19.8 Å². The lowest BCUT2D eigenvalue weighted by atomic mass is 9.95. The van der Waals surface area contributed by atoms with Gasteiger partial charge < -0.3 is 5.32 Å². The second kappa shape index (κ2) is 9.41. The zero-order valence-electron chi connectivity index (χ0n) is 17.3. The molecule has 0 saturated carbocycles. The van der Waals surface area contributed by atoms with Gasteiger partial charge in [0.1, 0.15) is 0 Å². The van der Waals surface area contributed by atoms with E-state index in [1.807, 2.05) is 25.5 Å². The summed E-state index contributed by atoms with van der Waals surface area (Å²) in [7, 11) is 0. The lowest BCUT2D eigenvalue weighted by molar-refractivity contribution is -0.125. The van der Waals surface area contributed by atoms with Crippen LogP contribution in [0.5, 0.6) is 0 Å². The molecule has 4 nitrogen and oxygen atoms in total. The summed E-state index contributed by atoms with van der Waals surface area (Å²) in [6, 6.07) is 8.66. The third-order valence-electron chi connectivity index (χ3n) is 5.43. The molecule has 0 saturated heterocycles. The van der Waals surface area contributed by atoms with Crippen LogP contribution in [-0.4, -0.2) is 15.7 Å². The third kappa shape index (κ3) is 5.13. The molecule has 3 atom stereocenters. The number of carbonyl (C=O) groups excluding carboxylic acids is 1. The molecular weight excluding hydrogens is 358 g/mol.